The third-order valence-electron chi connectivity index (χ3n) is 5.49. The second-order valence-corrected chi connectivity index (χ2v) is 7.77. The molecule has 2 N–H and O–H groups in total. The van der Waals surface area contributed by atoms with E-state index in [1.54, 1.807) is 5.56 Å². The summed E-state index contributed by atoms with van der Waals surface area (Å²) in [5, 5.41) is 0.881. The Hall–Kier alpha value is -0.530. The monoisotopic (exact) mass is 261 g/mol. The van der Waals surface area contributed by atoms with Gasteiger partial charge in [-0.1, -0.05) is 24.6 Å². The van der Waals surface area contributed by atoms with E-state index in [9.17, 15) is 0 Å². The minimum absolute atomic E-state index is 0.0755. The third kappa shape index (κ3) is 1.50. The summed E-state index contributed by atoms with van der Waals surface area (Å²) in [6.07, 6.45) is 6.17. The molecule has 0 heterocycles. The molecule has 1 nitrogen and oxygen atoms in total. The fourth-order valence-electron chi connectivity index (χ4n) is 5.33. The summed E-state index contributed by atoms with van der Waals surface area (Å²) in [5.41, 5.74) is 10.3. The summed E-state index contributed by atoms with van der Waals surface area (Å²) >= 11 is 6.21. The Labute approximate surface area is 114 Å². The Kier molecular flexibility index (Phi) is 2.08. The standard InChI is InChI=1S/C16H20ClN/c1-15-5-10-7-16(18,9-15)8-11(6-15)14-4-12(17)2-3-13(10)14/h2-4,10-11H,5-9,18H2,1H3. The highest BCUT2D eigenvalue weighted by molar-refractivity contribution is 6.30. The van der Waals surface area contributed by atoms with Gasteiger partial charge >= 0.3 is 0 Å². The molecule has 1 aromatic carbocycles. The van der Waals surface area contributed by atoms with Gasteiger partial charge in [-0.25, -0.2) is 0 Å². The van der Waals surface area contributed by atoms with Crippen molar-refractivity contribution in [1.29, 1.82) is 0 Å². The second-order valence-electron chi connectivity index (χ2n) is 7.33. The highest BCUT2D eigenvalue weighted by atomic mass is 35.5. The SMILES string of the molecule is CC12CC3CC(N)(CC(C1)c1cc(Cl)ccc13)C2. The first-order valence-electron chi connectivity index (χ1n) is 7.05. The molecule has 96 valence electrons. The molecule has 0 spiro atoms. The summed E-state index contributed by atoms with van der Waals surface area (Å²) in [5.74, 6) is 1.29. The van der Waals surface area contributed by atoms with Crippen LogP contribution < -0.4 is 5.73 Å². The average Bonchev–Trinajstić information content (AvgIpc) is 2.36. The molecule has 0 saturated heterocycles. The van der Waals surface area contributed by atoms with E-state index in [2.05, 4.69) is 25.1 Å². The molecule has 5 rings (SSSR count). The maximum atomic E-state index is 6.69. The predicted octanol–water partition coefficient (Wildman–Crippen LogP) is 4.20. The van der Waals surface area contributed by atoms with E-state index < -0.39 is 0 Å². The highest BCUT2D eigenvalue weighted by Crippen LogP contribution is 2.62. The molecule has 0 aromatic heterocycles. The van der Waals surface area contributed by atoms with Crippen LogP contribution in [0, 0.1) is 5.41 Å². The van der Waals surface area contributed by atoms with Crippen molar-refractivity contribution in [2.75, 3.05) is 0 Å². The van der Waals surface area contributed by atoms with Gasteiger partial charge in [0.1, 0.15) is 0 Å². The minimum atomic E-state index is 0.0755. The van der Waals surface area contributed by atoms with Gasteiger partial charge in [-0.3, -0.25) is 0 Å². The third-order valence-corrected chi connectivity index (χ3v) is 5.73. The lowest BCUT2D eigenvalue weighted by molar-refractivity contribution is 0.0544. The minimum Gasteiger partial charge on any atom is -0.325 e. The van der Waals surface area contributed by atoms with Crippen LogP contribution in [-0.4, -0.2) is 5.54 Å². The van der Waals surface area contributed by atoms with E-state index in [1.165, 1.54) is 31.2 Å². The number of nitrogens with two attached hydrogens (primary N) is 1. The quantitative estimate of drug-likeness (QED) is 0.744. The van der Waals surface area contributed by atoms with E-state index in [0.29, 0.717) is 17.3 Å². The van der Waals surface area contributed by atoms with E-state index >= 15 is 0 Å². The van der Waals surface area contributed by atoms with Crippen molar-refractivity contribution in [3.8, 4) is 0 Å². The van der Waals surface area contributed by atoms with Crippen LogP contribution in [0.5, 0.6) is 0 Å². The van der Waals surface area contributed by atoms with Gasteiger partial charge in [-0.15, -0.1) is 0 Å². The first kappa shape index (κ1) is 11.3. The zero-order valence-electron chi connectivity index (χ0n) is 10.9. The highest BCUT2D eigenvalue weighted by Gasteiger charge is 2.53. The summed E-state index contributed by atoms with van der Waals surface area (Å²) in [7, 11) is 0. The lowest BCUT2D eigenvalue weighted by atomic mass is 9.56. The van der Waals surface area contributed by atoms with Crippen LogP contribution in [0.25, 0.3) is 0 Å². The normalized spacial score (nSPS) is 44.8. The van der Waals surface area contributed by atoms with E-state index in [-0.39, 0.29) is 5.54 Å². The molecule has 4 bridgehead atoms. The van der Waals surface area contributed by atoms with Crippen LogP contribution in [0.1, 0.15) is 62.0 Å². The Morgan fingerprint density at radius 2 is 1.78 bits per heavy atom. The van der Waals surface area contributed by atoms with Crippen molar-refractivity contribution in [3.63, 3.8) is 0 Å². The zero-order chi connectivity index (χ0) is 12.5. The first-order chi connectivity index (χ1) is 8.46. The summed E-state index contributed by atoms with van der Waals surface area (Å²) < 4.78 is 0. The van der Waals surface area contributed by atoms with Crippen molar-refractivity contribution in [2.45, 2.75) is 56.4 Å². The molecule has 4 aliphatic carbocycles. The molecule has 0 amide bonds. The molecule has 4 unspecified atom stereocenters. The lowest BCUT2D eigenvalue weighted by Gasteiger charge is -2.52. The van der Waals surface area contributed by atoms with Gasteiger partial charge in [-0.2, -0.15) is 0 Å². The van der Waals surface area contributed by atoms with Gasteiger partial charge in [0.05, 0.1) is 0 Å². The smallest absolute Gasteiger partial charge is 0.0409 e. The van der Waals surface area contributed by atoms with Crippen molar-refractivity contribution in [2.24, 2.45) is 11.1 Å². The lowest BCUT2D eigenvalue weighted by Crippen LogP contribution is -2.52. The van der Waals surface area contributed by atoms with Crippen LogP contribution in [0.3, 0.4) is 0 Å². The Morgan fingerprint density at radius 1 is 1.11 bits per heavy atom. The van der Waals surface area contributed by atoms with Crippen LogP contribution >= 0.6 is 11.6 Å². The van der Waals surface area contributed by atoms with E-state index in [4.69, 9.17) is 17.3 Å². The van der Waals surface area contributed by atoms with Gasteiger partial charge in [0.2, 0.25) is 0 Å². The van der Waals surface area contributed by atoms with E-state index in [1.807, 2.05) is 0 Å². The molecule has 4 atom stereocenters. The topological polar surface area (TPSA) is 26.0 Å². The molecule has 4 aliphatic rings. The second kappa shape index (κ2) is 3.32. The van der Waals surface area contributed by atoms with Gasteiger partial charge in [-0.05, 0) is 72.6 Å². The van der Waals surface area contributed by atoms with Crippen LogP contribution in [-0.2, 0) is 0 Å². The molecule has 0 radical (unpaired) electrons. The molecular weight excluding hydrogens is 242 g/mol. The molecule has 2 fully saturated rings. The molecular formula is C16H20ClN. The Morgan fingerprint density at radius 3 is 2.44 bits per heavy atom. The fraction of sp³-hybridized carbons (Fsp3) is 0.625. The number of rotatable bonds is 0. The van der Waals surface area contributed by atoms with Crippen molar-refractivity contribution >= 4 is 11.6 Å². The summed E-state index contributed by atoms with van der Waals surface area (Å²) in [6.45, 7) is 2.44. The number of hydrogen-bond acceptors (Lipinski definition) is 1. The van der Waals surface area contributed by atoms with Crippen molar-refractivity contribution in [3.05, 3.63) is 34.3 Å². The molecule has 18 heavy (non-hydrogen) atoms. The summed E-state index contributed by atoms with van der Waals surface area (Å²) in [4.78, 5) is 0. The van der Waals surface area contributed by atoms with Crippen LogP contribution in [0.2, 0.25) is 5.02 Å². The summed E-state index contributed by atoms with van der Waals surface area (Å²) in [6, 6.07) is 6.52. The number of benzene rings is 1. The largest absolute Gasteiger partial charge is 0.325 e. The Bertz CT molecular complexity index is 506. The van der Waals surface area contributed by atoms with Crippen molar-refractivity contribution in [1.82, 2.24) is 0 Å². The first-order valence-corrected chi connectivity index (χ1v) is 7.43. The number of hydrogen-bond donors (Lipinski definition) is 1. The van der Waals surface area contributed by atoms with E-state index in [0.717, 1.165) is 11.4 Å². The maximum Gasteiger partial charge on any atom is 0.0409 e. The molecule has 2 heteroatoms. The molecule has 0 aliphatic heterocycles. The average molecular weight is 262 g/mol. The molecule has 1 aromatic rings. The van der Waals surface area contributed by atoms with Gasteiger partial charge in [0.25, 0.3) is 0 Å². The fourth-order valence-corrected chi connectivity index (χ4v) is 5.51. The number of halogens is 1. The van der Waals surface area contributed by atoms with Gasteiger partial charge in [0, 0.05) is 10.6 Å². The predicted molar refractivity (Wildman–Crippen MR) is 75.0 cm³/mol. The van der Waals surface area contributed by atoms with Crippen LogP contribution in [0.15, 0.2) is 18.2 Å². The Balaban J connectivity index is 1.93. The van der Waals surface area contributed by atoms with Crippen molar-refractivity contribution < 1.29 is 0 Å². The van der Waals surface area contributed by atoms with Gasteiger partial charge in [0.15, 0.2) is 0 Å². The van der Waals surface area contributed by atoms with Gasteiger partial charge < -0.3 is 5.73 Å². The molecule has 2 saturated carbocycles. The maximum absolute atomic E-state index is 6.69. The zero-order valence-corrected chi connectivity index (χ0v) is 11.6. The van der Waals surface area contributed by atoms with Crippen LogP contribution in [0.4, 0.5) is 0 Å².